The van der Waals surface area contributed by atoms with Crippen LogP contribution in [0.15, 0.2) is 48.7 Å². The highest BCUT2D eigenvalue weighted by molar-refractivity contribution is 5.75. The zero-order valence-electron chi connectivity index (χ0n) is 13.7. The molecule has 24 heavy (non-hydrogen) atoms. The first-order valence-electron chi connectivity index (χ1n) is 7.85. The number of benzene rings is 1. The Morgan fingerprint density at radius 2 is 2.00 bits per heavy atom. The van der Waals surface area contributed by atoms with Crippen LogP contribution in [0.1, 0.15) is 31.1 Å². The zero-order chi connectivity index (χ0) is 17.5. The van der Waals surface area contributed by atoms with Crippen molar-refractivity contribution in [2.24, 2.45) is 5.92 Å². The van der Waals surface area contributed by atoms with Gasteiger partial charge < -0.3 is 15.7 Å². The molecule has 2 aromatic rings. The van der Waals surface area contributed by atoms with Crippen molar-refractivity contribution in [3.63, 3.8) is 0 Å². The van der Waals surface area contributed by atoms with Crippen LogP contribution in [0.25, 0.3) is 0 Å². The van der Waals surface area contributed by atoms with Gasteiger partial charge in [-0.05, 0) is 42.7 Å². The molecule has 6 heteroatoms. The van der Waals surface area contributed by atoms with Gasteiger partial charge in [-0.15, -0.1) is 0 Å². The lowest BCUT2D eigenvalue weighted by molar-refractivity contribution is 0.199. The van der Waals surface area contributed by atoms with E-state index in [0.717, 1.165) is 0 Å². The molecule has 3 atom stereocenters. The van der Waals surface area contributed by atoms with Crippen molar-refractivity contribution in [1.82, 2.24) is 15.6 Å². The fourth-order valence-electron chi connectivity index (χ4n) is 2.24. The fraction of sp³-hybridized carbons (Fsp3) is 0.333. The summed E-state index contributed by atoms with van der Waals surface area (Å²) in [7, 11) is 0. The van der Waals surface area contributed by atoms with Crippen LogP contribution in [0.5, 0.6) is 0 Å². The van der Waals surface area contributed by atoms with Gasteiger partial charge in [-0.1, -0.05) is 25.1 Å². The summed E-state index contributed by atoms with van der Waals surface area (Å²) in [5.41, 5.74) is 1.22. The maximum absolute atomic E-state index is 13.6. The molecule has 0 aliphatic heterocycles. The fourth-order valence-corrected chi connectivity index (χ4v) is 2.24. The smallest absolute Gasteiger partial charge is 0.315 e. The molecule has 3 unspecified atom stereocenters. The molecule has 1 aromatic heterocycles. The van der Waals surface area contributed by atoms with E-state index in [-0.39, 0.29) is 24.4 Å². The number of pyridine rings is 1. The Labute approximate surface area is 140 Å². The lowest BCUT2D eigenvalue weighted by atomic mass is 10.0. The number of nitrogens with zero attached hydrogens (tertiary/aromatic N) is 1. The lowest BCUT2D eigenvalue weighted by Crippen LogP contribution is -2.45. The van der Waals surface area contributed by atoms with E-state index in [0.29, 0.717) is 11.3 Å². The van der Waals surface area contributed by atoms with Gasteiger partial charge in [-0.3, -0.25) is 4.98 Å². The number of aromatic nitrogens is 1. The van der Waals surface area contributed by atoms with Gasteiger partial charge in [0.2, 0.25) is 0 Å². The van der Waals surface area contributed by atoms with Crippen molar-refractivity contribution in [2.75, 3.05) is 6.61 Å². The highest BCUT2D eigenvalue weighted by Crippen LogP contribution is 2.21. The molecule has 0 spiro atoms. The van der Waals surface area contributed by atoms with E-state index in [1.165, 1.54) is 12.1 Å². The molecule has 2 amide bonds. The predicted octanol–water partition coefficient (Wildman–Crippen LogP) is 2.63. The Balaban J connectivity index is 2.20. The molecule has 2 rings (SSSR count). The van der Waals surface area contributed by atoms with E-state index in [1.54, 1.807) is 30.5 Å². The summed E-state index contributed by atoms with van der Waals surface area (Å²) in [6, 6.07) is 10.2. The summed E-state index contributed by atoms with van der Waals surface area (Å²) >= 11 is 0. The topological polar surface area (TPSA) is 74.2 Å². The summed E-state index contributed by atoms with van der Waals surface area (Å²) < 4.78 is 13.6. The third-order valence-corrected chi connectivity index (χ3v) is 3.94. The van der Waals surface area contributed by atoms with E-state index >= 15 is 0 Å². The first-order chi connectivity index (χ1) is 11.5. The van der Waals surface area contributed by atoms with Gasteiger partial charge >= 0.3 is 6.03 Å². The molecule has 0 saturated heterocycles. The number of aliphatic hydroxyl groups excluding tert-OH is 1. The number of urea groups is 1. The second-order valence-corrected chi connectivity index (χ2v) is 5.81. The van der Waals surface area contributed by atoms with Crippen LogP contribution in [0.2, 0.25) is 0 Å². The van der Waals surface area contributed by atoms with Crippen LogP contribution in [-0.4, -0.2) is 28.8 Å². The minimum atomic E-state index is -0.571. The van der Waals surface area contributed by atoms with Gasteiger partial charge in [0.1, 0.15) is 5.82 Å². The first kappa shape index (κ1) is 17.9. The van der Waals surface area contributed by atoms with Crippen molar-refractivity contribution in [2.45, 2.75) is 25.9 Å². The highest BCUT2D eigenvalue weighted by atomic mass is 19.1. The third kappa shape index (κ3) is 4.76. The van der Waals surface area contributed by atoms with Gasteiger partial charge in [0.15, 0.2) is 0 Å². The van der Waals surface area contributed by atoms with Gasteiger partial charge in [-0.2, -0.15) is 0 Å². The van der Waals surface area contributed by atoms with Crippen molar-refractivity contribution in [3.8, 4) is 0 Å². The van der Waals surface area contributed by atoms with E-state index in [9.17, 15) is 9.18 Å². The van der Waals surface area contributed by atoms with Gasteiger partial charge in [0, 0.05) is 18.8 Å². The number of rotatable bonds is 6. The van der Waals surface area contributed by atoms with Crippen molar-refractivity contribution < 1.29 is 14.3 Å². The van der Waals surface area contributed by atoms with Gasteiger partial charge in [-0.25, -0.2) is 9.18 Å². The number of hydrogen-bond acceptors (Lipinski definition) is 3. The number of amides is 2. The van der Waals surface area contributed by atoms with E-state index in [2.05, 4.69) is 15.6 Å². The zero-order valence-corrected chi connectivity index (χ0v) is 13.7. The third-order valence-electron chi connectivity index (χ3n) is 3.94. The van der Waals surface area contributed by atoms with Crippen LogP contribution in [-0.2, 0) is 0 Å². The Kier molecular flexibility index (Phi) is 6.26. The molecule has 1 heterocycles. The summed E-state index contributed by atoms with van der Waals surface area (Å²) in [5, 5.41) is 14.8. The monoisotopic (exact) mass is 331 g/mol. The van der Waals surface area contributed by atoms with Crippen LogP contribution in [0, 0.1) is 11.7 Å². The number of nitrogens with one attached hydrogen (secondary N) is 2. The molecule has 0 saturated carbocycles. The van der Waals surface area contributed by atoms with Gasteiger partial charge in [0.25, 0.3) is 0 Å². The molecule has 5 nitrogen and oxygen atoms in total. The Morgan fingerprint density at radius 1 is 1.21 bits per heavy atom. The molecule has 0 bridgehead atoms. The van der Waals surface area contributed by atoms with E-state index < -0.39 is 12.1 Å². The minimum Gasteiger partial charge on any atom is -0.396 e. The molecular weight excluding hydrogens is 309 g/mol. The van der Waals surface area contributed by atoms with Crippen molar-refractivity contribution in [1.29, 1.82) is 0 Å². The number of carbonyl (C=O) groups excluding carboxylic acids is 1. The Bertz CT molecular complexity index is 666. The lowest BCUT2D eigenvalue weighted by Gasteiger charge is -2.23. The van der Waals surface area contributed by atoms with E-state index in [1.807, 2.05) is 19.9 Å². The average Bonchev–Trinajstić information content (AvgIpc) is 2.59. The van der Waals surface area contributed by atoms with Crippen LogP contribution >= 0.6 is 0 Å². The van der Waals surface area contributed by atoms with Crippen LogP contribution in [0.3, 0.4) is 0 Å². The van der Waals surface area contributed by atoms with Crippen molar-refractivity contribution >= 4 is 6.03 Å². The minimum absolute atomic E-state index is 0.0188. The Morgan fingerprint density at radius 3 is 2.62 bits per heavy atom. The molecular formula is C18H22FN3O2. The molecule has 3 N–H and O–H groups in total. The molecule has 0 aliphatic carbocycles. The quantitative estimate of drug-likeness (QED) is 0.762. The second-order valence-electron chi connectivity index (χ2n) is 5.81. The summed E-state index contributed by atoms with van der Waals surface area (Å²) in [4.78, 5) is 16.6. The number of halogens is 1. The highest BCUT2D eigenvalue weighted by Gasteiger charge is 2.20. The molecule has 1 aromatic carbocycles. The maximum atomic E-state index is 13.6. The normalized spacial score (nSPS) is 14.5. The standard InChI is InChI=1S/C18H22FN3O2/c1-12(11-23)13(2)21-18(24)22-17(16-8-3-4-9-20-16)14-6-5-7-15(19)10-14/h3-10,12-13,17,23H,11H2,1-2H3,(H2,21,22,24). The van der Waals surface area contributed by atoms with E-state index in [4.69, 9.17) is 5.11 Å². The van der Waals surface area contributed by atoms with Gasteiger partial charge in [0.05, 0.1) is 11.7 Å². The average molecular weight is 331 g/mol. The summed E-state index contributed by atoms with van der Waals surface area (Å²) in [5.74, 6) is -0.448. The first-order valence-corrected chi connectivity index (χ1v) is 7.85. The summed E-state index contributed by atoms with van der Waals surface area (Å²) in [6.07, 6.45) is 1.62. The SMILES string of the molecule is CC(CO)C(C)NC(=O)NC(c1cccc(F)c1)c1ccccn1. The predicted molar refractivity (Wildman–Crippen MR) is 89.9 cm³/mol. The largest absolute Gasteiger partial charge is 0.396 e. The Hall–Kier alpha value is -2.47. The number of hydrogen-bond donors (Lipinski definition) is 3. The molecule has 0 fully saturated rings. The van der Waals surface area contributed by atoms with Crippen LogP contribution < -0.4 is 10.6 Å². The molecule has 0 radical (unpaired) electrons. The molecule has 0 aliphatic rings. The summed E-state index contributed by atoms with van der Waals surface area (Å²) in [6.45, 7) is 3.64. The number of aliphatic hydroxyl groups is 1. The molecule has 128 valence electrons. The van der Waals surface area contributed by atoms with Crippen LogP contribution in [0.4, 0.5) is 9.18 Å². The number of carbonyl (C=O) groups is 1. The van der Waals surface area contributed by atoms with Crippen molar-refractivity contribution in [3.05, 3.63) is 65.7 Å². The maximum Gasteiger partial charge on any atom is 0.315 e. The second kappa shape index (κ2) is 8.40.